The van der Waals surface area contributed by atoms with Crippen LogP contribution in [-0.2, 0) is 0 Å². The number of fused-ring (bicyclic) bond motifs is 2. The minimum atomic E-state index is 0.286. The summed E-state index contributed by atoms with van der Waals surface area (Å²) >= 11 is 1.65. The molecule has 0 bridgehead atoms. The molecule has 0 aliphatic carbocycles. The molecule has 0 unspecified atom stereocenters. The van der Waals surface area contributed by atoms with Crippen molar-refractivity contribution in [3.63, 3.8) is 0 Å². The first kappa shape index (κ1) is 14.5. The first-order chi connectivity index (χ1) is 11.6. The summed E-state index contributed by atoms with van der Waals surface area (Å²) in [5.41, 5.74) is 4.73. The molecule has 0 aliphatic heterocycles. The molecule has 116 valence electrons. The third-order valence-electron chi connectivity index (χ3n) is 3.79. The van der Waals surface area contributed by atoms with Crippen LogP contribution in [0.2, 0.25) is 0 Å². The van der Waals surface area contributed by atoms with E-state index in [1.807, 2.05) is 50.2 Å². The Kier molecular flexibility index (Phi) is 3.36. The minimum Gasteiger partial charge on any atom is -0.352 e. The third-order valence-corrected chi connectivity index (χ3v) is 4.72. The predicted molar refractivity (Wildman–Crippen MR) is 96.6 cm³/mol. The van der Waals surface area contributed by atoms with Crippen LogP contribution in [0.1, 0.15) is 16.3 Å². The maximum absolute atomic E-state index is 9.40. The Morgan fingerprint density at radius 1 is 1.04 bits per heavy atom. The summed E-state index contributed by atoms with van der Waals surface area (Å²) in [5, 5.41) is 22.8. The van der Waals surface area contributed by atoms with Crippen molar-refractivity contribution in [3.8, 4) is 6.07 Å². The Labute approximate surface area is 142 Å². The maximum atomic E-state index is 9.40. The van der Waals surface area contributed by atoms with E-state index in [1.165, 1.54) is 0 Å². The summed E-state index contributed by atoms with van der Waals surface area (Å²) in [7, 11) is 0. The molecular formula is C18H13N5S. The fourth-order valence-corrected chi connectivity index (χ4v) is 3.55. The van der Waals surface area contributed by atoms with Crippen LogP contribution in [-0.4, -0.2) is 15.2 Å². The van der Waals surface area contributed by atoms with E-state index in [0.717, 1.165) is 37.4 Å². The number of aromatic nitrogens is 3. The average Bonchev–Trinajstić information content (AvgIpc) is 2.94. The molecule has 6 heteroatoms. The van der Waals surface area contributed by atoms with Crippen LogP contribution in [0.5, 0.6) is 0 Å². The number of anilines is 2. The van der Waals surface area contributed by atoms with Crippen molar-refractivity contribution in [1.29, 1.82) is 5.26 Å². The van der Waals surface area contributed by atoms with Gasteiger partial charge in [0, 0.05) is 11.1 Å². The zero-order valence-electron chi connectivity index (χ0n) is 13.2. The number of nitriles is 1. The van der Waals surface area contributed by atoms with Crippen LogP contribution in [0.4, 0.5) is 11.4 Å². The highest BCUT2D eigenvalue weighted by molar-refractivity contribution is 7.18. The normalized spacial score (nSPS) is 10.9. The number of nitrogens with zero attached hydrogens (tertiary/aromatic N) is 4. The zero-order chi connectivity index (χ0) is 16.7. The molecule has 0 aliphatic rings. The van der Waals surface area contributed by atoms with Crippen LogP contribution >= 0.6 is 11.3 Å². The van der Waals surface area contributed by atoms with Crippen LogP contribution in [0, 0.1) is 25.2 Å². The summed E-state index contributed by atoms with van der Waals surface area (Å²) < 4.78 is 1.11. The van der Waals surface area contributed by atoms with Gasteiger partial charge in [-0.3, -0.25) is 0 Å². The molecule has 2 aromatic heterocycles. The first-order valence-electron chi connectivity index (χ1n) is 7.45. The number of benzene rings is 2. The monoisotopic (exact) mass is 331 g/mol. The van der Waals surface area contributed by atoms with Crippen molar-refractivity contribution < 1.29 is 0 Å². The molecule has 1 N–H and O–H groups in total. The Hall–Kier alpha value is -3.04. The van der Waals surface area contributed by atoms with Crippen molar-refractivity contribution in [1.82, 2.24) is 15.2 Å². The van der Waals surface area contributed by atoms with Gasteiger partial charge in [0.25, 0.3) is 0 Å². The Morgan fingerprint density at radius 3 is 2.71 bits per heavy atom. The smallest absolute Gasteiger partial charge is 0.187 e. The second-order valence-electron chi connectivity index (χ2n) is 5.60. The molecule has 24 heavy (non-hydrogen) atoms. The molecule has 2 heterocycles. The summed E-state index contributed by atoms with van der Waals surface area (Å²) in [6.07, 6.45) is 0. The van der Waals surface area contributed by atoms with Crippen molar-refractivity contribution in [2.24, 2.45) is 0 Å². The van der Waals surface area contributed by atoms with E-state index in [2.05, 4.69) is 26.6 Å². The van der Waals surface area contributed by atoms with Gasteiger partial charge in [-0.25, -0.2) is 4.98 Å². The number of rotatable bonds is 2. The molecule has 2 aromatic carbocycles. The lowest BCUT2D eigenvalue weighted by Crippen LogP contribution is -2.00. The molecule has 0 fully saturated rings. The average molecular weight is 331 g/mol. The molecule has 0 atom stereocenters. The molecule has 0 radical (unpaired) electrons. The van der Waals surface area contributed by atoms with Crippen molar-refractivity contribution in [2.75, 3.05) is 5.32 Å². The third kappa shape index (κ3) is 2.45. The summed E-state index contributed by atoms with van der Waals surface area (Å²) in [5.74, 6) is 0. The molecule has 0 spiro atoms. The lowest BCUT2D eigenvalue weighted by Gasteiger charge is -2.11. The van der Waals surface area contributed by atoms with Gasteiger partial charge in [-0.15, -0.1) is 21.5 Å². The van der Waals surface area contributed by atoms with Crippen LogP contribution < -0.4 is 5.32 Å². The van der Waals surface area contributed by atoms with Crippen LogP contribution in [0.3, 0.4) is 0 Å². The van der Waals surface area contributed by atoms with E-state index in [0.29, 0.717) is 5.69 Å². The predicted octanol–water partition coefficient (Wildman–Crippen LogP) is 4.47. The molecule has 4 rings (SSSR count). The van der Waals surface area contributed by atoms with Gasteiger partial charge < -0.3 is 5.32 Å². The number of hydrogen-bond donors (Lipinski definition) is 1. The number of hydrogen-bond acceptors (Lipinski definition) is 6. The largest absolute Gasteiger partial charge is 0.352 e. The molecule has 0 saturated heterocycles. The number of thiazole rings is 1. The topological polar surface area (TPSA) is 74.5 Å². The van der Waals surface area contributed by atoms with Gasteiger partial charge in [0.05, 0.1) is 26.4 Å². The standard InChI is InChI=1S/C18H13N5S/c1-10-3-5-14-13(7-10)18(16(9-19)23-22-14)21-12-4-6-15-17(8-12)24-11(2)20-15/h3-8H,1-2H3,(H,21,22). The minimum absolute atomic E-state index is 0.286. The quantitative estimate of drug-likeness (QED) is 0.586. The fraction of sp³-hybridized carbons (Fsp3) is 0.111. The fourth-order valence-electron chi connectivity index (χ4n) is 2.69. The Bertz CT molecular complexity index is 1120. The second-order valence-corrected chi connectivity index (χ2v) is 6.83. The summed E-state index contributed by atoms with van der Waals surface area (Å²) in [4.78, 5) is 4.47. The Morgan fingerprint density at radius 2 is 1.88 bits per heavy atom. The van der Waals surface area contributed by atoms with Gasteiger partial charge in [0.1, 0.15) is 6.07 Å². The second kappa shape index (κ2) is 5.55. The van der Waals surface area contributed by atoms with Crippen molar-refractivity contribution in [3.05, 3.63) is 52.7 Å². The lowest BCUT2D eigenvalue weighted by molar-refractivity contribution is 1.05. The highest BCUT2D eigenvalue weighted by atomic mass is 32.1. The van der Waals surface area contributed by atoms with Gasteiger partial charge in [-0.05, 0) is 44.2 Å². The van der Waals surface area contributed by atoms with E-state index < -0.39 is 0 Å². The van der Waals surface area contributed by atoms with Crippen LogP contribution in [0.15, 0.2) is 36.4 Å². The van der Waals surface area contributed by atoms with Crippen molar-refractivity contribution >= 4 is 43.8 Å². The van der Waals surface area contributed by atoms with Crippen molar-refractivity contribution in [2.45, 2.75) is 13.8 Å². The van der Waals surface area contributed by atoms with E-state index in [-0.39, 0.29) is 5.69 Å². The highest BCUT2D eigenvalue weighted by Crippen LogP contribution is 2.31. The van der Waals surface area contributed by atoms with Gasteiger partial charge in [0.2, 0.25) is 0 Å². The molecular weight excluding hydrogens is 318 g/mol. The zero-order valence-corrected chi connectivity index (χ0v) is 14.0. The molecule has 0 amide bonds. The SMILES string of the molecule is Cc1ccc2nnc(C#N)c(Nc3ccc4nc(C)sc4c3)c2c1. The maximum Gasteiger partial charge on any atom is 0.187 e. The van der Waals surface area contributed by atoms with Crippen LogP contribution in [0.25, 0.3) is 21.1 Å². The first-order valence-corrected chi connectivity index (χ1v) is 8.27. The Balaban J connectivity index is 1.87. The van der Waals surface area contributed by atoms with E-state index >= 15 is 0 Å². The van der Waals surface area contributed by atoms with Gasteiger partial charge in [0.15, 0.2) is 5.69 Å². The lowest BCUT2D eigenvalue weighted by atomic mass is 10.1. The summed E-state index contributed by atoms with van der Waals surface area (Å²) in [6.45, 7) is 4.01. The highest BCUT2D eigenvalue weighted by Gasteiger charge is 2.12. The van der Waals surface area contributed by atoms with E-state index in [1.54, 1.807) is 11.3 Å². The molecule has 5 nitrogen and oxygen atoms in total. The number of nitrogens with one attached hydrogen (secondary N) is 1. The van der Waals surface area contributed by atoms with E-state index in [4.69, 9.17) is 0 Å². The number of aryl methyl sites for hydroxylation is 2. The van der Waals surface area contributed by atoms with Gasteiger partial charge >= 0.3 is 0 Å². The molecule has 4 aromatic rings. The summed E-state index contributed by atoms with van der Waals surface area (Å²) in [6, 6.07) is 14.0. The van der Waals surface area contributed by atoms with Gasteiger partial charge in [-0.1, -0.05) is 11.6 Å². The van der Waals surface area contributed by atoms with Gasteiger partial charge in [-0.2, -0.15) is 5.26 Å². The van der Waals surface area contributed by atoms with E-state index in [9.17, 15) is 5.26 Å². The molecule has 0 saturated carbocycles.